The summed E-state index contributed by atoms with van der Waals surface area (Å²) < 4.78 is 0.900. The van der Waals surface area contributed by atoms with Gasteiger partial charge in [-0.1, -0.05) is 6.07 Å². The van der Waals surface area contributed by atoms with Crippen LogP contribution < -0.4 is 0 Å². The third kappa shape index (κ3) is 2.27. The van der Waals surface area contributed by atoms with Gasteiger partial charge < -0.3 is 4.98 Å². The van der Waals surface area contributed by atoms with E-state index in [9.17, 15) is 0 Å². The summed E-state index contributed by atoms with van der Waals surface area (Å²) in [5.74, 6) is 0. The van der Waals surface area contributed by atoms with Crippen molar-refractivity contribution in [1.29, 1.82) is 0 Å². The first-order valence-electron chi connectivity index (χ1n) is 6.69. The molecule has 0 aromatic carbocycles. The van der Waals surface area contributed by atoms with Gasteiger partial charge in [0.25, 0.3) is 0 Å². The number of aromatic amines is 1. The van der Waals surface area contributed by atoms with E-state index in [1.54, 1.807) is 18.7 Å². The van der Waals surface area contributed by atoms with Gasteiger partial charge in [0.05, 0.1) is 34.4 Å². The highest BCUT2D eigenvalue weighted by Gasteiger charge is 2.13. The molecule has 4 aromatic heterocycles. The predicted octanol–water partition coefficient (Wildman–Crippen LogP) is 3.84. The average molecular weight is 352 g/mol. The molecule has 4 heterocycles. The van der Waals surface area contributed by atoms with Crippen molar-refractivity contribution in [1.82, 2.24) is 24.9 Å². The van der Waals surface area contributed by atoms with Crippen LogP contribution >= 0.6 is 15.9 Å². The molecule has 0 aliphatic rings. The number of imidazole rings is 1. The van der Waals surface area contributed by atoms with E-state index < -0.39 is 0 Å². The second-order valence-electron chi connectivity index (χ2n) is 4.73. The maximum absolute atomic E-state index is 4.66. The van der Waals surface area contributed by atoms with Crippen LogP contribution in [0.15, 0.2) is 59.6 Å². The molecule has 5 nitrogen and oxygen atoms in total. The summed E-state index contributed by atoms with van der Waals surface area (Å²) in [5.41, 5.74) is 4.93. The van der Waals surface area contributed by atoms with Gasteiger partial charge in [0, 0.05) is 16.9 Å². The fourth-order valence-electron chi connectivity index (χ4n) is 2.31. The number of aromatic nitrogens is 5. The van der Waals surface area contributed by atoms with E-state index >= 15 is 0 Å². The molecule has 4 rings (SSSR count). The standard InChI is InChI=1S/C16H10BrN5/c17-10-7-14-11(19-8-10)4-5-13(22-14)16-15(20-9-21-16)12-3-1-2-6-18-12/h1-9H,(H,20,21). The topological polar surface area (TPSA) is 67.3 Å². The summed E-state index contributed by atoms with van der Waals surface area (Å²) in [6.45, 7) is 0. The largest absolute Gasteiger partial charge is 0.343 e. The van der Waals surface area contributed by atoms with Crippen LogP contribution in [0.5, 0.6) is 0 Å². The first-order chi connectivity index (χ1) is 10.8. The van der Waals surface area contributed by atoms with Gasteiger partial charge >= 0.3 is 0 Å². The quantitative estimate of drug-likeness (QED) is 0.595. The van der Waals surface area contributed by atoms with E-state index in [0.717, 1.165) is 38.3 Å². The Bertz CT molecular complexity index is 949. The van der Waals surface area contributed by atoms with Crippen LogP contribution in [0.1, 0.15) is 0 Å². The van der Waals surface area contributed by atoms with E-state index in [-0.39, 0.29) is 0 Å². The van der Waals surface area contributed by atoms with Gasteiger partial charge in [-0.2, -0.15) is 0 Å². The number of H-pyrrole nitrogens is 1. The Balaban J connectivity index is 1.88. The SMILES string of the molecule is Brc1cnc2ccc(-c3nc[nH]c3-c3ccccn3)nc2c1. The molecule has 0 bridgehead atoms. The molecule has 0 radical (unpaired) electrons. The molecule has 0 spiro atoms. The van der Waals surface area contributed by atoms with Gasteiger partial charge in [-0.25, -0.2) is 9.97 Å². The molecule has 0 aliphatic heterocycles. The van der Waals surface area contributed by atoms with Crippen LogP contribution in [-0.4, -0.2) is 24.9 Å². The second-order valence-corrected chi connectivity index (χ2v) is 5.65. The van der Waals surface area contributed by atoms with Crippen LogP contribution in [0, 0.1) is 0 Å². The van der Waals surface area contributed by atoms with Gasteiger partial charge in [0.1, 0.15) is 5.69 Å². The smallest absolute Gasteiger partial charge is 0.116 e. The van der Waals surface area contributed by atoms with Crippen LogP contribution in [0.2, 0.25) is 0 Å². The van der Waals surface area contributed by atoms with E-state index in [0.29, 0.717) is 0 Å². The lowest BCUT2D eigenvalue weighted by Crippen LogP contribution is -1.91. The van der Waals surface area contributed by atoms with Crippen molar-refractivity contribution >= 4 is 27.0 Å². The molecule has 0 saturated heterocycles. The van der Waals surface area contributed by atoms with Crippen molar-refractivity contribution in [3.05, 3.63) is 59.6 Å². The predicted molar refractivity (Wildman–Crippen MR) is 88.1 cm³/mol. The van der Waals surface area contributed by atoms with Gasteiger partial charge in [-0.15, -0.1) is 0 Å². The van der Waals surface area contributed by atoms with E-state index in [2.05, 4.69) is 40.8 Å². The molecule has 0 fully saturated rings. The van der Waals surface area contributed by atoms with Crippen molar-refractivity contribution in [2.45, 2.75) is 0 Å². The zero-order valence-corrected chi connectivity index (χ0v) is 12.9. The van der Waals surface area contributed by atoms with Crippen molar-refractivity contribution in [3.63, 3.8) is 0 Å². The van der Waals surface area contributed by atoms with E-state index in [1.807, 2.05) is 36.4 Å². The normalized spacial score (nSPS) is 11.0. The molecule has 0 aliphatic carbocycles. The summed E-state index contributed by atoms with van der Waals surface area (Å²) in [4.78, 5) is 20.9. The lowest BCUT2D eigenvalue weighted by atomic mass is 10.1. The summed E-state index contributed by atoms with van der Waals surface area (Å²) in [5, 5.41) is 0. The van der Waals surface area contributed by atoms with Gasteiger partial charge in [0.15, 0.2) is 0 Å². The zero-order chi connectivity index (χ0) is 14.9. The molecule has 4 aromatic rings. The molecule has 0 atom stereocenters. The third-order valence-corrected chi connectivity index (χ3v) is 3.74. The number of rotatable bonds is 2. The molecular formula is C16H10BrN5. The first-order valence-corrected chi connectivity index (χ1v) is 7.48. The maximum Gasteiger partial charge on any atom is 0.116 e. The Morgan fingerprint density at radius 3 is 2.73 bits per heavy atom. The second kappa shape index (κ2) is 5.31. The lowest BCUT2D eigenvalue weighted by Gasteiger charge is -2.04. The Hall–Kier alpha value is -2.60. The molecular weight excluding hydrogens is 342 g/mol. The van der Waals surface area contributed by atoms with Gasteiger partial charge in [0.2, 0.25) is 0 Å². The minimum absolute atomic E-state index is 0.778. The number of pyridine rings is 3. The number of nitrogens with zero attached hydrogens (tertiary/aromatic N) is 4. The molecule has 22 heavy (non-hydrogen) atoms. The van der Waals surface area contributed by atoms with Crippen LogP contribution in [0.3, 0.4) is 0 Å². The number of halogens is 1. The minimum Gasteiger partial charge on any atom is -0.343 e. The highest BCUT2D eigenvalue weighted by atomic mass is 79.9. The van der Waals surface area contributed by atoms with Gasteiger partial charge in [-0.05, 0) is 46.3 Å². The van der Waals surface area contributed by atoms with Crippen LogP contribution in [0.25, 0.3) is 33.8 Å². The summed E-state index contributed by atoms with van der Waals surface area (Å²) in [6.07, 6.45) is 5.18. The molecule has 1 N–H and O–H groups in total. The van der Waals surface area contributed by atoms with Gasteiger partial charge in [-0.3, -0.25) is 9.97 Å². The molecule has 0 amide bonds. The zero-order valence-electron chi connectivity index (χ0n) is 11.4. The van der Waals surface area contributed by atoms with E-state index in [1.165, 1.54) is 0 Å². The lowest BCUT2D eigenvalue weighted by molar-refractivity contribution is 1.27. The minimum atomic E-state index is 0.778. The summed E-state index contributed by atoms with van der Waals surface area (Å²) in [6, 6.07) is 11.6. The van der Waals surface area contributed by atoms with Crippen LogP contribution in [0.4, 0.5) is 0 Å². The third-order valence-electron chi connectivity index (χ3n) is 3.31. The number of hydrogen-bond acceptors (Lipinski definition) is 4. The van der Waals surface area contributed by atoms with Crippen molar-refractivity contribution in [2.24, 2.45) is 0 Å². The van der Waals surface area contributed by atoms with E-state index in [4.69, 9.17) is 0 Å². The first kappa shape index (κ1) is 13.1. The van der Waals surface area contributed by atoms with Crippen LogP contribution in [-0.2, 0) is 0 Å². The molecule has 0 saturated carbocycles. The molecule has 106 valence electrons. The Morgan fingerprint density at radius 1 is 0.909 bits per heavy atom. The number of fused-ring (bicyclic) bond motifs is 1. The summed E-state index contributed by atoms with van der Waals surface area (Å²) >= 11 is 3.42. The Labute approximate surface area is 134 Å². The highest BCUT2D eigenvalue weighted by Crippen LogP contribution is 2.27. The monoisotopic (exact) mass is 351 g/mol. The highest BCUT2D eigenvalue weighted by molar-refractivity contribution is 9.10. The fraction of sp³-hybridized carbons (Fsp3) is 0. The molecule has 0 unspecified atom stereocenters. The number of hydrogen-bond donors (Lipinski definition) is 1. The van der Waals surface area contributed by atoms with Crippen molar-refractivity contribution < 1.29 is 0 Å². The number of nitrogens with one attached hydrogen (secondary N) is 1. The van der Waals surface area contributed by atoms with Crippen molar-refractivity contribution in [3.8, 4) is 22.8 Å². The fourth-order valence-corrected chi connectivity index (χ4v) is 2.63. The Kier molecular flexibility index (Phi) is 3.16. The van der Waals surface area contributed by atoms with Crippen molar-refractivity contribution in [2.75, 3.05) is 0 Å². The molecule has 6 heteroatoms. The average Bonchev–Trinajstić information content (AvgIpc) is 3.04. The Morgan fingerprint density at radius 2 is 1.86 bits per heavy atom. The maximum atomic E-state index is 4.66. The summed E-state index contributed by atoms with van der Waals surface area (Å²) in [7, 11) is 0.